The summed E-state index contributed by atoms with van der Waals surface area (Å²) in [5, 5.41) is 5.05. The molecule has 9 heteroatoms. The molecule has 5 rings (SSSR count). The highest BCUT2D eigenvalue weighted by Gasteiger charge is 2.48. The van der Waals surface area contributed by atoms with Gasteiger partial charge in [0.25, 0.3) is 5.91 Å². The highest BCUT2D eigenvalue weighted by molar-refractivity contribution is 6.06. The number of carbonyl (C=O) groups excluding carboxylic acids is 4. The zero-order valence-corrected chi connectivity index (χ0v) is 18.8. The lowest BCUT2D eigenvalue weighted by Crippen LogP contribution is -2.52. The number of hydrogen-bond donors (Lipinski definition) is 2. The quantitative estimate of drug-likeness (QED) is 0.636. The summed E-state index contributed by atoms with van der Waals surface area (Å²) in [7, 11) is 1.48. The molecule has 33 heavy (non-hydrogen) atoms. The lowest BCUT2D eigenvalue weighted by molar-refractivity contribution is -0.136. The van der Waals surface area contributed by atoms with Gasteiger partial charge in [-0.3, -0.25) is 19.7 Å². The van der Waals surface area contributed by atoms with Crippen molar-refractivity contribution in [3.8, 4) is 5.75 Å². The molecule has 1 unspecified atom stereocenters. The molecule has 9 nitrogen and oxygen atoms in total. The van der Waals surface area contributed by atoms with Gasteiger partial charge in [0.15, 0.2) is 0 Å². The van der Waals surface area contributed by atoms with E-state index in [1.54, 1.807) is 0 Å². The van der Waals surface area contributed by atoms with E-state index in [0.29, 0.717) is 41.2 Å². The fourth-order valence-electron chi connectivity index (χ4n) is 5.82. The summed E-state index contributed by atoms with van der Waals surface area (Å²) in [6, 6.07) is 2.94. The molecule has 0 aromatic heterocycles. The van der Waals surface area contributed by atoms with Crippen molar-refractivity contribution >= 4 is 23.8 Å². The monoisotopic (exact) mass is 455 g/mol. The Kier molecular flexibility index (Phi) is 5.50. The van der Waals surface area contributed by atoms with Crippen molar-refractivity contribution in [2.75, 3.05) is 13.7 Å². The minimum Gasteiger partial charge on any atom is -0.496 e. The van der Waals surface area contributed by atoms with Gasteiger partial charge in [0.05, 0.1) is 19.3 Å². The van der Waals surface area contributed by atoms with Crippen LogP contribution < -0.4 is 15.4 Å². The highest BCUT2D eigenvalue weighted by atomic mass is 16.5. The molecule has 2 N–H and O–H groups in total. The fraction of sp³-hybridized carbons (Fsp3) is 0.583. The Balaban J connectivity index is 1.19. The maximum atomic E-state index is 13.2. The van der Waals surface area contributed by atoms with E-state index in [-0.39, 0.29) is 31.3 Å². The Bertz CT molecular complexity index is 1010. The lowest BCUT2D eigenvalue weighted by Gasteiger charge is -2.54. The van der Waals surface area contributed by atoms with Crippen molar-refractivity contribution in [3.05, 3.63) is 28.8 Å². The first-order valence-corrected chi connectivity index (χ1v) is 11.6. The van der Waals surface area contributed by atoms with Gasteiger partial charge in [-0.05, 0) is 49.0 Å². The third-order valence-corrected chi connectivity index (χ3v) is 7.66. The van der Waals surface area contributed by atoms with Gasteiger partial charge in [-0.1, -0.05) is 18.6 Å². The van der Waals surface area contributed by atoms with Gasteiger partial charge in [-0.15, -0.1) is 0 Å². The van der Waals surface area contributed by atoms with E-state index in [0.717, 1.165) is 18.4 Å². The summed E-state index contributed by atoms with van der Waals surface area (Å²) < 4.78 is 10.9. The van der Waals surface area contributed by atoms with Crippen LogP contribution in [0.4, 0.5) is 4.79 Å². The van der Waals surface area contributed by atoms with Crippen LogP contribution in [-0.4, -0.2) is 48.5 Å². The molecule has 1 saturated heterocycles. The molecule has 2 heterocycles. The SMILES string of the molecule is COc1c(CNC(=O)OCC2CC3(CCC3)C2)ccc2c1C(=O)N(C1CCC(=O)NC1=O)C2. The summed E-state index contributed by atoms with van der Waals surface area (Å²) in [6.45, 7) is 0.874. The maximum Gasteiger partial charge on any atom is 0.407 e. The molecule has 1 atom stereocenters. The van der Waals surface area contributed by atoms with Gasteiger partial charge in [-0.2, -0.15) is 0 Å². The number of nitrogens with zero attached hydrogens (tertiary/aromatic N) is 1. The second-order valence-corrected chi connectivity index (χ2v) is 9.77. The molecule has 1 spiro atoms. The number of alkyl carbamates (subject to hydrolysis) is 1. The smallest absolute Gasteiger partial charge is 0.407 e. The first-order valence-electron chi connectivity index (χ1n) is 11.6. The number of piperidine rings is 1. The molecule has 1 aromatic carbocycles. The van der Waals surface area contributed by atoms with Crippen LogP contribution >= 0.6 is 0 Å². The minimum atomic E-state index is -0.686. The first kappa shape index (κ1) is 21.7. The van der Waals surface area contributed by atoms with Crippen LogP contribution in [0.5, 0.6) is 5.75 Å². The average molecular weight is 456 g/mol. The number of ether oxygens (including phenoxy) is 2. The van der Waals surface area contributed by atoms with E-state index in [9.17, 15) is 19.2 Å². The van der Waals surface area contributed by atoms with Crippen molar-refractivity contribution < 1.29 is 28.7 Å². The number of carbonyl (C=O) groups is 4. The van der Waals surface area contributed by atoms with Gasteiger partial charge in [-0.25, -0.2) is 4.79 Å². The maximum absolute atomic E-state index is 13.2. The van der Waals surface area contributed by atoms with Gasteiger partial charge in [0.1, 0.15) is 11.8 Å². The topological polar surface area (TPSA) is 114 Å². The largest absolute Gasteiger partial charge is 0.496 e. The second-order valence-electron chi connectivity index (χ2n) is 9.77. The van der Waals surface area contributed by atoms with Crippen molar-refractivity contribution in [3.63, 3.8) is 0 Å². The number of imide groups is 1. The normalized spacial score (nSPS) is 23.5. The highest BCUT2D eigenvalue weighted by Crippen LogP contribution is 2.58. The van der Waals surface area contributed by atoms with Crippen LogP contribution in [0.15, 0.2) is 12.1 Å². The van der Waals surface area contributed by atoms with E-state index in [1.165, 1.54) is 31.3 Å². The molecular formula is C24H29N3O6. The Morgan fingerprint density at radius 2 is 2.03 bits per heavy atom. The number of rotatable bonds is 6. The second kappa shape index (κ2) is 8.35. The van der Waals surface area contributed by atoms with Crippen LogP contribution in [0, 0.1) is 11.3 Å². The van der Waals surface area contributed by atoms with Gasteiger partial charge < -0.3 is 19.7 Å². The van der Waals surface area contributed by atoms with Crippen LogP contribution in [-0.2, 0) is 27.4 Å². The molecule has 3 fully saturated rings. The molecule has 2 aliphatic heterocycles. The standard InChI is InChI=1S/C24H29N3O6/c1-32-20-15(11-25-23(31)33-13-14-9-24(10-14)7-2-8-24)3-4-16-12-27(22(30)19(16)20)17-5-6-18(28)26-21(17)29/h3-4,14,17H,2,5-13H2,1H3,(H,25,31)(H,26,28,29). The van der Waals surface area contributed by atoms with E-state index in [2.05, 4.69) is 10.6 Å². The minimum absolute atomic E-state index is 0.162. The number of hydrogen-bond acceptors (Lipinski definition) is 6. The van der Waals surface area contributed by atoms with Crippen LogP contribution in [0.1, 0.15) is 66.4 Å². The zero-order valence-electron chi connectivity index (χ0n) is 18.8. The molecule has 2 saturated carbocycles. The van der Waals surface area contributed by atoms with Crippen LogP contribution in [0.3, 0.4) is 0 Å². The van der Waals surface area contributed by atoms with E-state index in [4.69, 9.17) is 9.47 Å². The number of fused-ring (bicyclic) bond motifs is 1. The van der Waals surface area contributed by atoms with Crippen molar-refractivity contribution in [2.45, 2.75) is 64.1 Å². The molecule has 4 amide bonds. The Labute approximate surface area is 192 Å². The van der Waals surface area contributed by atoms with E-state index >= 15 is 0 Å². The Morgan fingerprint density at radius 3 is 2.70 bits per heavy atom. The third-order valence-electron chi connectivity index (χ3n) is 7.66. The first-order chi connectivity index (χ1) is 15.9. The zero-order chi connectivity index (χ0) is 23.2. The van der Waals surface area contributed by atoms with Gasteiger partial charge in [0.2, 0.25) is 11.8 Å². The lowest BCUT2D eigenvalue weighted by atomic mass is 9.52. The number of benzene rings is 1. The predicted octanol–water partition coefficient (Wildman–Crippen LogP) is 2.26. The van der Waals surface area contributed by atoms with E-state index < -0.39 is 18.0 Å². The van der Waals surface area contributed by atoms with Gasteiger partial charge in [0, 0.05) is 25.1 Å². The molecule has 0 bridgehead atoms. The number of amides is 4. The summed E-state index contributed by atoms with van der Waals surface area (Å²) >= 11 is 0. The molecule has 4 aliphatic rings. The van der Waals surface area contributed by atoms with Crippen molar-refractivity contribution in [2.24, 2.45) is 11.3 Å². The fourth-order valence-corrected chi connectivity index (χ4v) is 5.82. The number of nitrogens with one attached hydrogen (secondary N) is 2. The Morgan fingerprint density at radius 1 is 1.24 bits per heavy atom. The summed E-state index contributed by atoms with van der Waals surface area (Å²) in [4.78, 5) is 50.6. The predicted molar refractivity (Wildman–Crippen MR) is 116 cm³/mol. The average Bonchev–Trinajstić information content (AvgIpc) is 3.06. The molecule has 1 aromatic rings. The summed E-state index contributed by atoms with van der Waals surface area (Å²) in [5.41, 5.74) is 2.36. The van der Waals surface area contributed by atoms with Crippen molar-refractivity contribution in [1.29, 1.82) is 0 Å². The summed E-state index contributed by atoms with van der Waals surface area (Å²) in [6.07, 6.45) is 6.28. The summed E-state index contributed by atoms with van der Waals surface area (Å²) in [5.74, 6) is -0.237. The molecule has 0 radical (unpaired) electrons. The molecular weight excluding hydrogens is 426 g/mol. The third kappa shape index (κ3) is 3.94. The Hall–Kier alpha value is -3.10. The van der Waals surface area contributed by atoms with Crippen LogP contribution in [0.25, 0.3) is 0 Å². The van der Waals surface area contributed by atoms with Crippen LogP contribution in [0.2, 0.25) is 0 Å². The van der Waals surface area contributed by atoms with Crippen molar-refractivity contribution in [1.82, 2.24) is 15.5 Å². The van der Waals surface area contributed by atoms with Gasteiger partial charge >= 0.3 is 6.09 Å². The molecule has 2 aliphatic carbocycles. The molecule has 176 valence electrons. The van der Waals surface area contributed by atoms with E-state index in [1.807, 2.05) is 12.1 Å². The number of methoxy groups -OCH3 is 1.